The molecule has 21 heavy (non-hydrogen) atoms. The van der Waals surface area contributed by atoms with Crippen LogP contribution < -0.4 is 10.6 Å². The molecular weight excluding hydrogens is 270 g/mol. The quantitative estimate of drug-likeness (QED) is 0.812. The number of carbonyl (C=O) groups is 2. The zero-order chi connectivity index (χ0) is 15.6. The number of fused-ring (bicyclic) bond motifs is 2. The molecule has 2 N–H and O–H groups in total. The highest BCUT2D eigenvalue weighted by atomic mass is 16.5. The summed E-state index contributed by atoms with van der Waals surface area (Å²) in [6, 6.07) is 0.0506. The van der Waals surface area contributed by atoms with Crippen molar-refractivity contribution in [1.29, 1.82) is 0 Å². The van der Waals surface area contributed by atoms with Crippen molar-refractivity contribution in [2.75, 3.05) is 19.6 Å². The molecule has 6 heteroatoms. The van der Waals surface area contributed by atoms with Crippen LogP contribution >= 0.6 is 0 Å². The van der Waals surface area contributed by atoms with Crippen molar-refractivity contribution in [1.82, 2.24) is 15.5 Å². The van der Waals surface area contributed by atoms with Gasteiger partial charge in [-0.25, -0.2) is 4.79 Å². The molecule has 0 saturated carbocycles. The SMILES string of the molecule is CC(C)CNC(=O)[C@H]1C[C@@H]2CN(C(=O)NC(C)C)C[C@H]1O2. The summed E-state index contributed by atoms with van der Waals surface area (Å²) in [6.07, 6.45) is 0.519. The highest BCUT2D eigenvalue weighted by Crippen LogP contribution is 2.32. The summed E-state index contributed by atoms with van der Waals surface area (Å²) in [6.45, 7) is 9.77. The first-order valence-corrected chi connectivity index (χ1v) is 7.85. The lowest BCUT2D eigenvalue weighted by Gasteiger charge is -2.33. The van der Waals surface area contributed by atoms with E-state index in [4.69, 9.17) is 4.74 Å². The van der Waals surface area contributed by atoms with Crippen molar-refractivity contribution in [3.63, 3.8) is 0 Å². The number of hydrogen-bond donors (Lipinski definition) is 2. The third-order valence-electron chi connectivity index (χ3n) is 3.88. The number of carbonyl (C=O) groups excluding carboxylic acids is 2. The largest absolute Gasteiger partial charge is 0.370 e. The maximum absolute atomic E-state index is 12.2. The van der Waals surface area contributed by atoms with Gasteiger partial charge in [0.15, 0.2) is 0 Å². The van der Waals surface area contributed by atoms with E-state index in [0.29, 0.717) is 32.0 Å². The predicted octanol–water partition coefficient (Wildman–Crippen LogP) is 0.966. The Labute approximate surface area is 126 Å². The number of rotatable bonds is 4. The fourth-order valence-electron chi connectivity index (χ4n) is 2.87. The molecule has 2 aliphatic heterocycles. The van der Waals surface area contributed by atoms with E-state index < -0.39 is 0 Å². The lowest BCUT2D eigenvalue weighted by molar-refractivity contribution is -0.127. The van der Waals surface area contributed by atoms with Crippen molar-refractivity contribution in [3.05, 3.63) is 0 Å². The van der Waals surface area contributed by atoms with E-state index in [1.807, 2.05) is 13.8 Å². The molecule has 0 aromatic heterocycles. The van der Waals surface area contributed by atoms with Crippen LogP contribution in [0.15, 0.2) is 0 Å². The van der Waals surface area contributed by atoms with Gasteiger partial charge < -0.3 is 20.3 Å². The van der Waals surface area contributed by atoms with E-state index in [9.17, 15) is 9.59 Å². The Morgan fingerprint density at radius 2 is 1.95 bits per heavy atom. The molecular formula is C15H27N3O3. The molecule has 3 amide bonds. The lowest BCUT2D eigenvalue weighted by Crippen LogP contribution is -2.52. The van der Waals surface area contributed by atoms with Gasteiger partial charge in [-0.1, -0.05) is 13.8 Å². The summed E-state index contributed by atoms with van der Waals surface area (Å²) in [5.41, 5.74) is 0. The van der Waals surface area contributed by atoms with Gasteiger partial charge in [0.05, 0.1) is 18.1 Å². The highest BCUT2D eigenvalue weighted by Gasteiger charge is 2.45. The molecule has 6 nitrogen and oxygen atoms in total. The fourth-order valence-corrected chi connectivity index (χ4v) is 2.87. The average molecular weight is 297 g/mol. The number of urea groups is 1. The molecule has 0 radical (unpaired) electrons. The molecule has 2 bridgehead atoms. The van der Waals surface area contributed by atoms with Crippen molar-refractivity contribution in [2.45, 2.75) is 52.4 Å². The van der Waals surface area contributed by atoms with Crippen molar-refractivity contribution < 1.29 is 14.3 Å². The minimum Gasteiger partial charge on any atom is -0.370 e. The van der Waals surface area contributed by atoms with Crippen LogP contribution in [0.4, 0.5) is 4.79 Å². The zero-order valence-electron chi connectivity index (χ0n) is 13.4. The highest BCUT2D eigenvalue weighted by molar-refractivity contribution is 5.80. The van der Waals surface area contributed by atoms with Gasteiger partial charge in [0.2, 0.25) is 5.91 Å². The summed E-state index contributed by atoms with van der Waals surface area (Å²) >= 11 is 0. The monoisotopic (exact) mass is 297 g/mol. The number of amides is 3. The van der Waals surface area contributed by atoms with Gasteiger partial charge in [-0.3, -0.25) is 4.79 Å². The van der Waals surface area contributed by atoms with E-state index >= 15 is 0 Å². The molecule has 2 saturated heterocycles. The third kappa shape index (κ3) is 4.09. The maximum Gasteiger partial charge on any atom is 0.317 e. The molecule has 2 rings (SSSR count). The molecule has 0 aliphatic carbocycles. The Balaban J connectivity index is 1.90. The summed E-state index contributed by atoms with van der Waals surface area (Å²) < 4.78 is 5.84. The van der Waals surface area contributed by atoms with Gasteiger partial charge >= 0.3 is 6.03 Å². The number of hydrogen-bond acceptors (Lipinski definition) is 3. The number of nitrogens with one attached hydrogen (secondary N) is 2. The van der Waals surface area contributed by atoms with E-state index in [1.165, 1.54) is 0 Å². The molecule has 0 aromatic carbocycles. The normalized spacial score (nSPS) is 28.1. The fraction of sp³-hybridized carbons (Fsp3) is 0.867. The summed E-state index contributed by atoms with van der Waals surface area (Å²) in [7, 11) is 0. The van der Waals surface area contributed by atoms with E-state index in [-0.39, 0.29) is 36.1 Å². The second-order valence-electron chi connectivity index (χ2n) is 6.79. The Morgan fingerprint density at radius 1 is 1.24 bits per heavy atom. The smallest absolute Gasteiger partial charge is 0.317 e. The molecule has 120 valence electrons. The second kappa shape index (κ2) is 6.64. The van der Waals surface area contributed by atoms with Crippen molar-refractivity contribution in [3.8, 4) is 0 Å². The number of ether oxygens (including phenoxy) is 1. The first kappa shape index (κ1) is 16.1. The summed E-state index contributed by atoms with van der Waals surface area (Å²) in [5.74, 6) is 0.358. The Morgan fingerprint density at radius 3 is 2.57 bits per heavy atom. The van der Waals surface area contributed by atoms with E-state index in [1.54, 1.807) is 4.90 Å². The van der Waals surface area contributed by atoms with Gasteiger partial charge in [-0.15, -0.1) is 0 Å². The van der Waals surface area contributed by atoms with Crippen LogP contribution in [0.2, 0.25) is 0 Å². The number of morpholine rings is 1. The van der Waals surface area contributed by atoms with Crippen molar-refractivity contribution >= 4 is 11.9 Å². The molecule has 2 heterocycles. The van der Waals surface area contributed by atoms with Crippen LogP contribution in [0.25, 0.3) is 0 Å². The van der Waals surface area contributed by atoms with Gasteiger partial charge in [-0.2, -0.15) is 0 Å². The first-order chi connectivity index (χ1) is 9.86. The Bertz CT molecular complexity index is 398. The second-order valence-corrected chi connectivity index (χ2v) is 6.79. The van der Waals surface area contributed by atoms with Crippen LogP contribution in [-0.2, 0) is 9.53 Å². The molecule has 2 fully saturated rings. The number of likely N-dealkylation sites (tertiary alicyclic amines) is 1. The van der Waals surface area contributed by atoms with E-state index in [0.717, 1.165) is 0 Å². The van der Waals surface area contributed by atoms with Crippen LogP contribution in [0, 0.1) is 11.8 Å². The van der Waals surface area contributed by atoms with Gasteiger partial charge in [0.25, 0.3) is 0 Å². The maximum atomic E-state index is 12.2. The van der Waals surface area contributed by atoms with Gasteiger partial charge in [0, 0.05) is 25.7 Å². The standard InChI is InChI=1S/C15H27N3O3/c1-9(2)6-16-14(19)12-5-11-7-18(8-13(12)21-11)15(20)17-10(3)4/h9-13H,5-8H2,1-4H3,(H,16,19)(H,17,20)/t11-,12+,13-/m1/s1. The third-order valence-corrected chi connectivity index (χ3v) is 3.88. The molecule has 0 aromatic rings. The van der Waals surface area contributed by atoms with Gasteiger partial charge in [0.1, 0.15) is 0 Å². The topological polar surface area (TPSA) is 70.7 Å². The molecule has 0 unspecified atom stereocenters. The van der Waals surface area contributed by atoms with Crippen LogP contribution in [0.5, 0.6) is 0 Å². The lowest BCUT2D eigenvalue weighted by atomic mass is 9.99. The summed E-state index contributed by atoms with van der Waals surface area (Å²) in [5, 5.41) is 5.87. The van der Waals surface area contributed by atoms with Crippen LogP contribution in [0.1, 0.15) is 34.1 Å². The minimum atomic E-state index is -0.172. The summed E-state index contributed by atoms with van der Waals surface area (Å²) in [4.78, 5) is 26.1. The molecule has 2 aliphatic rings. The Hall–Kier alpha value is -1.30. The first-order valence-electron chi connectivity index (χ1n) is 7.85. The average Bonchev–Trinajstić information content (AvgIpc) is 2.69. The van der Waals surface area contributed by atoms with Crippen LogP contribution in [0.3, 0.4) is 0 Å². The van der Waals surface area contributed by atoms with Crippen LogP contribution in [-0.4, -0.2) is 54.7 Å². The number of nitrogens with zero attached hydrogens (tertiary/aromatic N) is 1. The molecule has 0 spiro atoms. The zero-order valence-corrected chi connectivity index (χ0v) is 13.4. The minimum absolute atomic E-state index is 0.0172. The van der Waals surface area contributed by atoms with E-state index in [2.05, 4.69) is 24.5 Å². The molecule has 3 atom stereocenters. The van der Waals surface area contributed by atoms with Crippen molar-refractivity contribution in [2.24, 2.45) is 11.8 Å². The predicted molar refractivity (Wildman–Crippen MR) is 79.9 cm³/mol. The Kier molecular flexibility index (Phi) is 5.08. The van der Waals surface area contributed by atoms with Gasteiger partial charge in [-0.05, 0) is 26.2 Å².